The number of rotatable bonds is 4. The highest BCUT2D eigenvalue weighted by Gasteiger charge is 2.34. The van der Waals surface area contributed by atoms with Crippen molar-refractivity contribution in [1.82, 2.24) is 9.88 Å². The van der Waals surface area contributed by atoms with Crippen molar-refractivity contribution in [2.24, 2.45) is 0 Å². The quantitative estimate of drug-likeness (QED) is 0.869. The molecule has 8 heteroatoms. The van der Waals surface area contributed by atoms with Gasteiger partial charge in [-0.25, -0.2) is 4.98 Å². The smallest absolute Gasteiger partial charge is 0.373 e. The summed E-state index contributed by atoms with van der Waals surface area (Å²) < 4.78 is 37.6. The van der Waals surface area contributed by atoms with Gasteiger partial charge in [-0.05, 0) is 26.0 Å². The summed E-state index contributed by atoms with van der Waals surface area (Å²) in [5, 5.41) is 2.73. The van der Waals surface area contributed by atoms with Gasteiger partial charge in [-0.3, -0.25) is 4.79 Å². The van der Waals surface area contributed by atoms with Gasteiger partial charge in [0.15, 0.2) is 0 Å². The molecule has 112 valence electrons. The molecule has 0 aliphatic carbocycles. The zero-order valence-corrected chi connectivity index (χ0v) is 12.0. The summed E-state index contributed by atoms with van der Waals surface area (Å²) in [6, 6.07) is 2.02. The van der Waals surface area contributed by atoms with E-state index in [0.29, 0.717) is 5.82 Å². The standard InChI is InChI=1S/C12H15ClF3N3O/c1-7(2)19(6-12(14,15)16)11(20)8-4-9(13)18-10(5-8)17-3/h4-5,7H,6H2,1-3H3,(H,17,18). The molecule has 1 rings (SSSR count). The fourth-order valence-corrected chi connectivity index (χ4v) is 1.80. The molecule has 0 saturated carbocycles. The van der Waals surface area contributed by atoms with Crippen molar-refractivity contribution < 1.29 is 18.0 Å². The van der Waals surface area contributed by atoms with E-state index in [2.05, 4.69) is 10.3 Å². The summed E-state index contributed by atoms with van der Waals surface area (Å²) in [6.07, 6.45) is -4.46. The van der Waals surface area contributed by atoms with Crippen molar-refractivity contribution in [3.8, 4) is 0 Å². The summed E-state index contributed by atoms with van der Waals surface area (Å²) in [7, 11) is 1.57. The Bertz CT molecular complexity index is 491. The van der Waals surface area contributed by atoms with Crippen molar-refractivity contribution in [2.45, 2.75) is 26.1 Å². The van der Waals surface area contributed by atoms with Crippen LogP contribution in [0.3, 0.4) is 0 Å². The van der Waals surface area contributed by atoms with Gasteiger partial charge in [0.05, 0.1) is 0 Å². The number of hydrogen-bond donors (Lipinski definition) is 1. The van der Waals surface area contributed by atoms with E-state index < -0.39 is 24.7 Å². The predicted octanol–water partition coefficient (Wildman–Crippen LogP) is 3.19. The van der Waals surface area contributed by atoms with E-state index in [-0.39, 0.29) is 10.7 Å². The molecule has 20 heavy (non-hydrogen) atoms. The molecule has 0 fully saturated rings. The van der Waals surface area contributed by atoms with Gasteiger partial charge in [-0.2, -0.15) is 13.2 Å². The van der Waals surface area contributed by atoms with Gasteiger partial charge >= 0.3 is 6.18 Å². The third-order valence-electron chi connectivity index (χ3n) is 2.53. The second kappa shape index (κ2) is 6.30. The number of anilines is 1. The monoisotopic (exact) mass is 309 g/mol. The van der Waals surface area contributed by atoms with Crippen LogP contribution in [0.25, 0.3) is 0 Å². The summed E-state index contributed by atoms with van der Waals surface area (Å²) in [4.78, 5) is 16.8. The number of nitrogens with one attached hydrogen (secondary N) is 1. The Morgan fingerprint density at radius 1 is 1.45 bits per heavy atom. The zero-order chi connectivity index (χ0) is 15.5. The van der Waals surface area contributed by atoms with E-state index in [9.17, 15) is 18.0 Å². The molecule has 0 atom stereocenters. The third kappa shape index (κ3) is 4.56. The first-order chi connectivity index (χ1) is 9.14. The Morgan fingerprint density at radius 3 is 2.50 bits per heavy atom. The molecule has 0 radical (unpaired) electrons. The topological polar surface area (TPSA) is 45.2 Å². The Labute approximate surface area is 119 Å². The first kappa shape index (κ1) is 16.6. The zero-order valence-electron chi connectivity index (χ0n) is 11.3. The van der Waals surface area contributed by atoms with Crippen LogP contribution in [0, 0.1) is 0 Å². The van der Waals surface area contributed by atoms with Crippen LogP contribution >= 0.6 is 11.6 Å². The number of alkyl halides is 3. The average molecular weight is 310 g/mol. The Hall–Kier alpha value is -1.50. The van der Waals surface area contributed by atoms with Gasteiger partial charge in [0.2, 0.25) is 0 Å². The molecular weight excluding hydrogens is 295 g/mol. The van der Waals surface area contributed by atoms with Crippen LogP contribution in [-0.4, -0.2) is 41.6 Å². The molecule has 1 aromatic heterocycles. The highest BCUT2D eigenvalue weighted by molar-refractivity contribution is 6.29. The van der Waals surface area contributed by atoms with Crippen LogP contribution in [0.1, 0.15) is 24.2 Å². The first-order valence-corrected chi connectivity index (χ1v) is 6.25. The average Bonchev–Trinajstić information content (AvgIpc) is 2.33. The van der Waals surface area contributed by atoms with E-state index in [1.54, 1.807) is 7.05 Å². The third-order valence-corrected chi connectivity index (χ3v) is 2.72. The lowest BCUT2D eigenvalue weighted by molar-refractivity contribution is -0.143. The molecular formula is C12H15ClF3N3O. The van der Waals surface area contributed by atoms with E-state index in [0.717, 1.165) is 4.90 Å². The minimum Gasteiger partial charge on any atom is -0.373 e. The minimum atomic E-state index is -4.46. The van der Waals surface area contributed by atoms with Crippen LogP contribution in [-0.2, 0) is 0 Å². The van der Waals surface area contributed by atoms with Crippen molar-refractivity contribution in [1.29, 1.82) is 0 Å². The molecule has 0 aromatic carbocycles. The van der Waals surface area contributed by atoms with Gasteiger partial charge in [0, 0.05) is 18.7 Å². The van der Waals surface area contributed by atoms with Gasteiger partial charge in [0.25, 0.3) is 5.91 Å². The maximum atomic E-state index is 12.5. The molecule has 0 unspecified atom stereocenters. The number of carbonyl (C=O) groups excluding carboxylic acids is 1. The van der Waals surface area contributed by atoms with Crippen LogP contribution in [0.2, 0.25) is 5.15 Å². The number of halogens is 4. The van der Waals surface area contributed by atoms with E-state index in [1.165, 1.54) is 26.0 Å². The van der Waals surface area contributed by atoms with E-state index in [4.69, 9.17) is 11.6 Å². The molecule has 1 N–H and O–H groups in total. The number of aromatic nitrogens is 1. The molecule has 0 aliphatic rings. The molecule has 0 saturated heterocycles. The maximum absolute atomic E-state index is 12.5. The summed E-state index contributed by atoms with van der Waals surface area (Å²) in [6.45, 7) is 1.73. The van der Waals surface area contributed by atoms with Crippen LogP contribution in [0.15, 0.2) is 12.1 Å². The van der Waals surface area contributed by atoms with Gasteiger partial charge < -0.3 is 10.2 Å². The Balaban J connectivity index is 3.09. The van der Waals surface area contributed by atoms with Crippen LogP contribution in [0.4, 0.5) is 19.0 Å². The molecule has 4 nitrogen and oxygen atoms in total. The summed E-state index contributed by atoms with van der Waals surface area (Å²) in [5.41, 5.74) is 0.0623. The van der Waals surface area contributed by atoms with Crippen molar-refractivity contribution in [3.05, 3.63) is 22.8 Å². The first-order valence-electron chi connectivity index (χ1n) is 5.87. The molecule has 1 aromatic rings. The molecule has 1 amide bonds. The fraction of sp³-hybridized carbons (Fsp3) is 0.500. The Kier molecular flexibility index (Phi) is 5.21. The van der Waals surface area contributed by atoms with Crippen molar-refractivity contribution in [3.63, 3.8) is 0 Å². The van der Waals surface area contributed by atoms with Gasteiger partial charge in [-0.15, -0.1) is 0 Å². The lowest BCUT2D eigenvalue weighted by Gasteiger charge is -2.27. The number of nitrogens with zero attached hydrogens (tertiary/aromatic N) is 2. The largest absolute Gasteiger partial charge is 0.406 e. The minimum absolute atomic E-state index is 0.0379. The summed E-state index contributed by atoms with van der Waals surface area (Å²) in [5.74, 6) is -0.422. The highest BCUT2D eigenvalue weighted by atomic mass is 35.5. The normalized spacial score (nSPS) is 11.6. The number of amides is 1. The Morgan fingerprint density at radius 2 is 2.05 bits per heavy atom. The number of hydrogen-bond acceptors (Lipinski definition) is 3. The maximum Gasteiger partial charge on any atom is 0.406 e. The van der Waals surface area contributed by atoms with Gasteiger partial charge in [-0.1, -0.05) is 11.6 Å². The number of pyridine rings is 1. The molecule has 0 aliphatic heterocycles. The van der Waals surface area contributed by atoms with E-state index >= 15 is 0 Å². The SMILES string of the molecule is CNc1cc(C(=O)N(CC(F)(F)F)C(C)C)cc(Cl)n1. The lowest BCUT2D eigenvalue weighted by Crippen LogP contribution is -2.43. The lowest BCUT2D eigenvalue weighted by atomic mass is 10.2. The number of carbonyl (C=O) groups is 1. The van der Waals surface area contributed by atoms with E-state index in [1.807, 2.05) is 0 Å². The second-order valence-electron chi connectivity index (χ2n) is 4.46. The molecule has 0 bridgehead atoms. The fourth-order valence-electron chi connectivity index (χ4n) is 1.60. The highest BCUT2D eigenvalue weighted by Crippen LogP contribution is 2.22. The van der Waals surface area contributed by atoms with Crippen LogP contribution < -0.4 is 5.32 Å². The van der Waals surface area contributed by atoms with Crippen molar-refractivity contribution in [2.75, 3.05) is 18.9 Å². The summed E-state index contributed by atoms with van der Waals surface area (Å²) >= 11 is 5.75. The molecule has 0 spiro atoms. The van der Waals surface area contributed by atoms with Crippen molar-refractivity contribution >= 4 is 23.3 Å². The van der Waals surface area contributed by atoms with Crippen LogP contribution in [0.5, 0.6) is 0 Å². The second-order valence-corrected chi connectivity index (χ2v) is 4.84. The van der Waals surface area contributed by atoms with Gasteiger partial charge in [0.1, 0.15) is 17.5 Å². The molecule has 1 heterocycles. The predicted molar refractivity (Wildman–Crippen MR) is 71.0 cm³/mol.